The summed E-state index contributed by atoms with van der Waals surface area (Å²) in [4.78, 5) is 17.6. The van der Waals surface area contributed by atoms with E-state index in [2.05, 4.69) is 31.3 Å². The van der Waals surface area contributed by atoms with E-state index in [0.29, 0.717) is 10.6 Å². The van der Waals surface area contributed by atoms with Crippen LogP contribution in [0.3, 0.4) is 0 Å². The zero-order valence-corrected chi connectivity index (χ0v) is 17.5. The molecule has 8 nitrogen and oxygen atoms in total. The van der Waals surface area contributed by atoms with Crippen LogP contribution >= 0.6 is 22.7 Å². The molecule has 1 aromatic carbocycles. The van der Waals surface area contributed by atoms with Crippen molar-refractivity contribution < 1.29 is 13.2 Å². The van der Waals surface area contributed by atoms with E-state index in [1.165, 1.54) is 11.3 Å². The molecular formula is C16H17N5O3S3. The number of hydrogen-bond acceptors (Lipinski definition) is 8. The number of rotatable bonds is 5. The summed E-state index contributed by atoms with van der Waals surface area (Å²) in [5, 5.41) is 11.2. The minimum atomic E-state index is -3.45. The van der Waals surface area contributed by atoms with Gasteiger partial charge >= 0.3 is 0 Å². The summed E-state index contributed by atoms with van der Waals surface area (Å²) < 4.78 is 24.7. The molecule has 0 bridgehead atoms. The second-order valence-electron chi connectivity index (χ2n) is 5.99. The standard InChI is InChI=1S/C16H17N5O3S3/c1-8-5-6-11(9(2)7-8)14-17-10(3)12(25-14)13(22)18-15-19-20-16(26-15)21-27(4,23)24/h5-7H,1-4H3,(H,20,21)(H,18,19,22). The lowest BCUT2D eigenvalue weighted by molar-refractivity contribution is 0.102. The van der Waals surface area contributed by atoms with Crippen LogP contribution in [0.25, 0.3) is 10.6 Å². The van der Waals surface area contributed by atoms with E-state index in [1.807, 2.05) is 26.0 Å². The van der Waals surface area contributed by atoms with Gasteiger partial charge in [0.15, 0.2) is 0 Å². The Balaban J connectivity index is 1.81. The van der Waals surface area contributed by atoms with Crippen molar-refractivity contribution in [3.8, 4) is 10.6 Å². The third-order valence-corrected chi connectivity index (χ3v) is 6.17. The van der Waals surface area contributed by atoms with Gasteiger partial charge in [0.05, 0.1) is 11.9 Å². The molecule has 0 saturated carbocycles. The summed E-state index contributed by atoms with van der Waals surface area (Å²) in [5.41, 5.74) is 3.86. The predicted molar refractivity (Wildman–Crippen MR) is 108 cm³/mol. The van der Waals surface area contributed by atoms with Gasteiger partial charge in [0.2, 0.25) is 20.3 Å². The van der Waals surface area contributed by atoms with Crippen molar-refractivity contribution in [3.05, 3.63) is 39.9 Å². The normalized spacial score (nSPS) is 11.4. The second-order valence-corrected chi connectivity index (χ2v) is 9.72. The number of sulfonamides is 1. The van der Waals surface area contributed by atoms with E-state index in [0.717, 1.165) is 39.3 Å². The first-order valence-electron chi connectivity index (χ1n) is 7.80. The molecule has 0 radical (unpaired) electrons. The molecule has 0 spiro atoms. The number of amides is 1. The smallest absolute Gasteiger partial charge is 0.269 e. The largest absolute Gasteiger partial charge is 0.296 e. The topological polar surface area (TPSA) is 114 Å². The number of thiazole rings is 1. The van der Waals surface area contributed by atoms with Gasteiger partial charge in [-0.1, -0.05) is 35.1 Å². The SMILES string of the molecule is Cc1ccc(-c2nc(C)c(C(=O)Nc3nnc(NS(C)(=O)=O)s3)s2)c(C)c1. The predicted octanol–water partition coefficient (Wildman–Crippen LogP) is 3.21. The van der Waals surface area contributed by atoms with E-state index >= 15 is 0 Å². The molecule has 2 aromatic heterocycles. The lowest BCUT2D eigenvalue weighted by atomic mass is 10.1. The van der Waals surface area contributed by atoms with E-state index < -0.39 is 10.0 Å². The molecule has 0 fully saturated rings. The summed E-state index contributed by atoms with van der Waals surface area (Å²) in [7, 11) is -3.45. The Labute approximate surface area is 164 Å². The Morgan fingerprint density at radius 3 is 2.44 bits per heavy atom. The highest BCUT2D eigenvalue weighted by molar-refractivity contribution is 7.92. The molecule has 0 aliphatic heterocycles. The van der Waals surface area contributed by atoms with Crippen molar-refractivity contribution >= 4 is 48.9 Å². The van der Waals surface area contributed by atoms with Crippen molar-refractivity contribution in [2.45, 2.75) is 20.8 Å². The summed E-state index contributed by atoms with van der Waals surface area (Å²) >= 11 is 2.23. The highest BCUT2D eigenvalue weighted by Crippen LogP contribution is 2.31. The molecule has 3 aromatic rings. The molecule has 3 rings (SSSR count). The Bertz CT molecular complexity index is 1120. The van der Waals surface area contributed by atoms with Gasteiger partial charge in [0.25, 0.3) is 5.91 Å². The van der Waals surface area contributed by atoms with Crippen molar-refractivity contribution in [1.82, 2.24) is 15.2 Å². The van der Waals surface area contributed by atoms with Crippen LogP contribution < -0.4 is 10.0 Å². The van der Waals surface area contributed by atoms with Gasteiger partial charge in [0, 0.05) is 5.56 Å². The Morgan fingerprint density at radius 1 is 1.07 bits per heavy atom. The zero-order valence-electron chi connectivity index (χ0n) is 15.0. The molecule has 1 amide bonds. The van der Waals surface area contributed by atoms with Crippen molar-refractivity contribution in [1.29, 1.82) is 0 Å². The van der Waals surface area contributed by atoms with Crippen molar-refractivity contribution in [2.75, 3.05) is 16.3 Å². The Morgan fingerprint density at radius 2 is 1.78 bits per heavy atom. The maximum atomic E-state index is 12.6. The highest BCUT2D eigenvalue weighted by atomic mass is 32.2. The number of carbonyl (C=O) groups excluding carboxylic acids is 1. The number of carbonyl (C=O) groups is 1. The quantitative estimate of drug-likeness (QED) is 0.651. The summed E-state index contributed by atoms with van der Waals surface area (Å²) in [6, 6.07) is 6.08. The van der Waals surface area contributed by atoms with Gasteiger partial charge in [0.1, 0.15) is 9.88 Å². The van der Waals surface area contributed by atoms with Crippen LogP contribution in [0, 0.1) is 20.8 Å². The van der Waals surface area contributed by atoms with Crippen LogP contribution in [0.1, 0.15) is 26.5 Å². The second kappa shape index (κ2) is 7.33. The number of hydrogen-bond donors (Lipinski definition) is 2. The number of anilines is 2. The molecule has 0 aliphatic carbocycles. The van der Waals surface area contributed by atoms with Gasteiger partial charge in [-0.15, -0.1) is 21.5 Å². The van der Waals surface area contributed by atoms with Gasteiger partial charge in [-0.2, -0.15) is 0 Å². The number of benzene rings is 1. The van der Waals surface area contributed by atoms with Crippen LogP contribution in [0.5, 0.6) is 0 Å². The Hall–Kier alpha value is -2.37. The molecule has 27 heavy (non-hydrogen) atoms. The van der Waals surface area contributed by atoms with Gasteiger partial charge in [-0.05, 0) is 26.3 Å². The first-order valence-corrected chi connectivity index (χ1v) is 11.3. The summed E-state index contributed by atoms with van der Waals surface area (Å²) in [6.07, 6.45) is 1.02. The fraction of sp³-hybridized carbons (Fsp3) is 0.250. The lowest BCUT2D eigenvalue weighted by Gasteiger charge is -2.03. The molecule has 2 heterocycles. The van der Waals surface area contributed by atoms with Gasteiger partial charge < -0.3 is 0 Å². The van der Waals surface area contributed by atoms with Crippen LogP contribution in [-0.4, -0.2) is 35.8 Å². The van der Waals surface area contributed by atoms with E-state index in [-0.39, 0.29) is 16.2 Å². The summed E-state index contributed by atoms with van der Waals surface area (Å²) in [5.74, 6) is -0.358. The minimum absolute atomic E-state index is 0.0878. The molecule has 142 valence electrons. The first kappa shape index (κ1) is 19.4. The van der Waals surface area contributed by atoms with Crippen LogP contribution in [0.4, 0.5) is 10.3 Å². The molecular weight excluding hydrogens is 406 g/mol. The van der Waals surface area contributed by atoms with Crippen molar-refractivity contribution in [2.24, 2.45) is 0 Å². The zero-order chi connectivity index (χ0) is 19.8. The number of nitrogens with zero attached hydrogens (tertiary/aromatic N) is 3. The molecule has 11 heteroatoms. The molecule has 0 atom stereocenters. The number of aromatic nitrogens is 3. The minimum Gasteiger partial charge on any atom is -0.296 e. The monoisotopic (exact) mass is 423 g/mol. The average molecular weight is 424 g/mol. The van der Waals surface area contributed by atoms with E-state index in [9.17, 15) is 13.2 Å². The van der Waals surface area contributed by atoms with E-state index in [1.54, 1.807) is 6.92 Å². The highest BCUT2D eigenvalue weighted by Gasteiger charge is 2.19. The third kappa shape index (κ3) is 4.67. The van der Waals surface area contributed by atoms with Gasteiger partial charge in [-0.25, -0.2) is 13.4 Å². The fourth-order valence-electron chi connectivity index (χ4n) is 2.40. The van der Waals surface area contributed by atoms with Crippen LogP contribution in [0.2, 0.25) is 0 Å². The number of aryl methyl sites for hydroxylation is 3. The lowest BCUT2D eigenvalue weighted by Crippen LogP contribution is -2.11. The Kier molecular flexibility index (Phi) is 5.27. The fourth-order valence-corrected chi connectivity index (χ4v) is 4.92. The molecule has 0 aliphatic rings. The van der Waals surface area contributed by atoms with Crippen molar-refractivity contribution in [3.63, 3.8) is 0 Å². The van der Waals surface area contributed by atoms with E-state index in [4.69, 9.17) is 0 Å². The average Bonchev–Trinajstić information content (AvgIpc) is 3.12. The molecule has 0 saturated heterocycles. The molecule has 0 unspecified atom stereocenters. The summed E-state index contributed by atoms with van der Waals surface area (Å²) in [6.45, 7) is 5.81. The first-order chi connectivity index (χ1) is 12.6. The molecule has 2 N–H and O–H groups in total. The third-order valence-electron chi connectivity index (χ3n) is 3.53. The maximum absolute atomic E-state index is 12.6. The van der Waals surface area contributed by atoms with Gasteiger partial charge in [-0.3, -0.25) is 14.8 Å². The van der Waals surface area contributed by atoms with Crippen LogP contribution in [-0.2, 0) is 10.0 Å². The number of nitrogens with one attached hydrogen (secondary N) is 2. The maximum Gasteiger partial charge on any atom is 0.269 e. The van der Waals surface area contributed by atoms with Crippen LogP contribution in [0.15, 0.2) is 18.2 Å².